The van der Waals surface area contributed by atoms with E-state index in [0.29, 0.717) is 0 Å². The quantitative estimate of drug-likeness (QED) is 0.463. The molecule has 1 rings (SSSR count). The maximum absolute atomic E-state index is 11.4. The number of hydrogen-bond acceptors (Lipinski definition) is 4. The fourth-order valence-electron chi connectivity index (χ4n) is 0.773. The first kappa shape index (κ1) is 15.3. The molecule has 0 saturated heterocycles. The zero-order valence-corrected chi connectivity index (χ0v) is 8.53. The van der Waals surface area contributed by atoms with Crippen LogP contribution in [0.25, 0.3) is 0 Å². The summed E-state index contributed by atoms with van der Waals surface area (Å²) < 4.78 is 27.0. The molecule has 0 bridgehead atoms. The molecular weight excluding hydrogens is 241 g/mol. The van der Waals surface area contributed by atoms with Gasteiger partial charge in [0.1, 0.15) is 0 Å². The van der Waals surface area contributed by atoms with Gasteiger partial charge in [-0.1, -0.05) is 24.8 Å². The summed E-state index contributed by atoms with van der Waals surface area (Å²) in [5, 5.41) is 0. The van der Waals surface area contributed by atoms with E-state index in [-0.39, 0.29) is 34.5 Å². The molecule has 0 spiro atoms. The Labute approximate surface area is 116 Å². The van der Waals surface area contributed by atoms with Crippen molar-refractivity contribution in [2.45, 2.75) is 4.90 Å². The summed E-state index contributed by atoms with van der Waals surface area (Å²) in [5.74, 6) is -0.727. The molecule has 0 radical (unpaired) electrons. The monoisotopic (exact) mass is 251 g/mol. The van der Waals surface area contributed by atoms with E-state index in [4.69, 9.17) is 0 Å². The van der Waals surface area contributed by atoms with Crippen LogP contribution in [0.1, 0.15) is 0 Å². The molecule has 1 amide bonds. The molecule has 7 heteroatoms. The molecule has 0 aromatic heterocycles. The van der Waals surface area contributed by atoms with Crippen LogP contribution in [-0.2, 0) is 19.2 Å². The van der Waals surface area contributed by atoms with Crippen LogP contribution in [0.3, 0.4) is 0 Å². The van der Waals surface area contributed by atoms with Crippen molar-refractivity contribution < 1.29 is 17.5 Å². The number of carbonyl (C=O) groups is 1. The molecule has 0 atom stereocenters. The number of carbonyl (C=O) groups excluding carboxylic acids is 1. The first-order chi connectivity index (χ1) is 7.06. The molecule has 0 saturated carbocycles. The molecule has 0 unspecified atom stereocenters. The molecule has 16 heavy (non-hydrogen) atoms. The second-order valence-electron chi connectivity index (χ2n) is 2.52. The summed E-state index contributed by atoms with van der Waals surface area (Å²) in [4.78, 5) is 10.6. The predicted octanol–water partition coefficient (Wildman–Crippen LogP) is -0.0394. The molecule has 1 aromatic carbocycles. The molecule has 0 fully saturated rings. The molecule has 82 valence electrons. The Hall–Kier alpha value is -0.660. The van der Waals surface area contributed by atoms with Crippen molar-refractivity contribution in [2.24, 2.45) is 0 Å². The topological polar surface area (TPSA) is 72.5 Å². The van der Waals surface area contributed by atoms with Gasteiger partial charge >= 0.3 is 39.7 Å². The van der Waals surface area contributed by atoms with Crippen molar-refractivity contribution in [3.63, 3.8) is 0 Å². The molecule has 0 aliphatic carbocycles. The second kappa shape index (κ2) is 6.82. The number of nitrogens with one attached hydrogen (secondary N) is 1. The fourth-order valence-corrected chi connectivity index (χ4v) is 1.55. The Morgan fingerprint density at radius 2 is 1.88 bits per heavy atom. The molecular formula is C9H10NNaO4S. The number of hydrogen-bond donors (Lipinski definition) is 1. The van der Waals surface area contributed by atoms with Gasteiger partial charge in [0.05, 0.1) is 4.90 Å². The van der Waals surface area contributed by atoms with E-state index < -0.39 is 16.0 Å². The predicted molar refractivity (Wildman–Crippen MR) is 60.2 cm³/mol. The Kier molecular flexibility index (Phi) is 6.54. The molecule has 1 N–H and O–H groups in total. The fraction of sp³-hybridized carbons (Fsp3) is 0. The van der Waals surface area contributed by atoms with Gasteiger partial charge in [-0.25, -0.2) is 5.48 Å². The summed E-state index contributed by atoms with van der Waals surface area (Å²) in [6, 6.07) is 7.48. The first-order valence-electron chi connectivity index (χ1n) is 3.97. The van der Waals surface area contributed by atoms with Gasteiger partial charge in [0.15, 0.2) is 0 Å². The van der Waals surface area contributed by atoms with E-state index in [1.165, 1.54) is 12.1 Å². The number of benzene rings is 1. The number of rotatable bonds is 4. The van der Waals surface area contributed by atoms with Crippen LogP contribution in [-0.4, -0.2) is 43.9 Å². The van der Waals surface area contributed by atoms with Crippen LogP contribution in [0, 0.1) is 0 Å². The van der Waals surface area contributed by atoms with Gasteiger partial charge in [-0.3, -0.25) is 4.79 Å². The Bertz CT molecular complexity index is 458. The van der Waals surface area contributed by atoms with Gasteiger partial charge in [-0.05, 0) is 18.2 Å². The van der Waals surface area contributed by atoms with Gasteiger partial charge in [-0.2, -0.15) is 8.42 Å². The zero-order valence-electron chi connectivity index (χ0n) is 7.71. The van der Waals surface area contributed by atoms with Gasteiger partial charge in [-0.15, -0.1) is 4.28 Å². The third-order valence-corrected chi connectivity index (χ3v) is 2.62. The SMILES string of the molecule is C=CC(=O)NOS(=O)(=O)c1ccccc1.[NaH]. The van der Waals surface area contributed by atoms with E-state index in [1.54, 1.807) is 23.7 Å². The van der Waals surface area contributed by atoms with E-state index in [0.717, 1.165) is 6.08 Å². The summed E-state index contributed by atoms with van der Waals surface area (Å²) >= 11 is 0. The summed E-state index contributed by atoms with van der Waals surface area (Å²) in [6.07, 6.45) is 0.903. The van der Waals surface area contributed by atoms with Crippen LogP contribution < -0.4 is 5.48 Å². The van der Waals surface area contributed by atoms with E-state index in [9.17, 15) is 13.2 Å². The van der Waals surface area contributed by atoms with Crippen molar-refractivity contribution in [3.05, 3.63) is 43.0 Å². The average Bonchev–Trinajstić information content (AvgIpc) is 2.27. The third kappa shape index (κ3) is 4.46. The molecule has 0 aliphatic rings. The minimum absolute atomic E-state index is 0. The van der Waals surface area contributed by atoms with Crippen LogP contribution in [0.15, 0.2) is 47.9 Å². The van der Waals surface area contributed by atoms with Gasteiger partial charge in [0.2, 0.25) is 0 Å². The maximum atomic E-state index is 11.4. The standard InChI is InChI=1S/C9H9NO4S.Na.H/c1-2-9(11)10-14-15(12,13)8-6-4-3-5-7-8;;/h2-7H,1H2,(H,10,11);;. The number of hydroxylamine groups is 1. The van der Waals surface area contributed by atoms with Crippen LogP contribution in [0.5, 0.6) is 0 Å². The third-order valence-electron chi connectivity index (χ3n) is 1.47. The molecule has 0 heterocycles. The van der Waals surface area contributed by atoms with Crippen LogP contribution in [0.2, 0.25) is 0 Å². The Balaban J connectivity index is 0.00000225. The van der Waals surface area contributed by atoms with Crippen molar-refractivity contribution in [2.75, 3.05) is 0 Å². The summed E-state index contributed by atoms with van der Waals surface area (Å²) in [6.45, 7) is 3.15. The van der Waals surface area contributed by atoms with Crippen molar-refractivity contribution in [3.8, 4) is 0 Å². The molecule has 0 aliphatic heterocycles. The van der Waals surface area contributed by atoms with E-state index >= 15 is 0 Å². The van der Waals surface area contributed by atoms with Crippen molar-refractivity contribution in [1.29, 1.82) is 0 Å². The van der Waals surface area contributed by atoms with Crippen molar-refractivity contribution in [1.82, 2.24) is 5.48 Å². The zero-order chi connectivity index (χ0) is 11.3. The minimum atomic E-state index is -3.95. The van der Waals surface area contributed by atoms with Crippen molar-refractivity contribution >= 4 is 45.6 Å². The first-order valence-corrected chi connectivity index (χ1v) is 5.38. The second-order valence-corrected chi connectivity index (χ2v) is 4.07. The normalized spacial score (nSPS) is 10.0. The van der Waals surface area contributed by atoms with E-state index in [2.05, 4.69) is 10.9 Å². The van der Waals surface area contributed by atoms with Gasteiger partial charge in [0.25, 0.3) is 5.91 Å². The van der Waals surface area contributed by atoms with Gasteiger partial charge < -0.3 is 0 Å². The summed E-state index contributed by atoms with van der Waals surface area (Å²) in [7, 11) is -3.95. The molecule has 1 aromatic rings. The Morgan fingerprint density at radius 3 is 2.38 bits per heavy atom. The molecule has 5 nitrogen and oxygen atoms in total. The van der Waals surface area contributed by atoms with Crippen LogP contribution in [0.4, 0.5) is 0 Å². The summed E-state index contributed by atoms with van der Waals surface area (Å²) in [5.41, 5.74) is 1.73. The van der Waals surface area contributed by atoms with Gasteiger partial charge in [0, 0.05) is 0 Å². The number of amides is 1. The van der Waals surface area contributed by atoms with Crippen LogP contribution >= 0.6 is 0 Å². The Morgan fingerprint density at radius 1 is 1.31 bits per heavy atom. The van der Waals surface area contributed by atoms with E-state index in [1.807, 2.05) is 0 Å². The average molecular weight is 251 g/mol.